The molecule has 1 aliphatic heterocycles. The molecular weight excluding hydrogens is 295 g/mol. The third-order valence-electron chi connectivity index (χ3n) is 3.64. The maximum Gasteiger partial charge on any atom is 0.433 e. The molecule has 0 spiro atoms. The number of rotatable bonds is 2. The van der Waals surface area contributed by atoms with Gasteiger partial charge in [0.25, 0.3) is 0 Å². The van der Waals surface area contributed by atoms with E-state index < -0.39 is 11.9 Å². The Labute approximate surface area is 125 Å². The van der Waals surface area contributed by atoms with Gasteiger partial charge in [-0.2, -0.15) is 13.2 Å². The molecule has 0 amide bonds. The zero-order valence-electron chi connectivity index (χ0n) is 11.9. The Morgan fingerprint density at radius 2 is 2.00 bits per heavy atom. The van der Waals surface area contributed by atoms with Crippen molar-refractivity contribution < 1.29 is 17.9 Å². The normalized spacial score (nSPS) is 14.6. The van der Waals surface area contributed by atoms with E-state index in [1.165, 1.54) is 5.56 Å². The van der Waals surface area contributed by atoms with Gasteiger partial charge < -0.3 is 9.64 Å². The van der Waals surface area contributed by atoms with Crippen LogP contribution in [0.25, 0.3) is 0 Å². The maximum atomic E-state index is 12.7. The van der Waals surface area contributed by atoms with Gasteiger partial charge in [0.15, 0.2) is 0 Å². The van der Waals surface area contributed by atoms with E-state index in [0.717, 1.165) is 30.0 Å². The van der Waals surface area contributed by atoms with Crippen molar-refractivity contribution in [3.8, 4) is 5.75 Å². The molecule has 2 aromatic rings. The van der Waals surface area contributed by atoms with Gasteiger partial charge >= 0.3 is 6.18 Å². The standard InChI is InChI=1S/C15H14F3N3O/c1-22-12-3-2-10-5-7-21(9-11(10)8-12)14-19-6-4-13(20-14)15(16,17)18/h2-4,6,8H,5,7,9H2,1H3. The molecule has 0 N–H and O–H groups in total. The fourth-order valence-electron chi connectivity index (χ4n) is 2.49. The highest BCUT2D eigenvalue weighted by atomic mass is 19.4. The lowest BCUT2D eigenvalue weighted by atomic mass is 10.00. The minimum absolute atomic E-state index is 0.100. The highest BCUT2D eigenvalue weighted by Crippen LogP contribution is 2.30. The van der Waals surface area contributed by atoms with Crippen LogP contribution in [0.1, 0.15) is 16.8 Å². The first-order valence-electron chi connectivity index (χ1n) is 6.78. The first-order chi connectivity index (χ1) is 10.5. The highest BCUT2D eigenvalue weighted by molar-refractivity contribution is 5.43. The fraction of sp³-hybridized carbons (Fsp3) is 0.333. The summed E-state index contributed by atoms with van der Waals surface area (Å²) in [6, 6.07) is 6.65. The predicted molar refractivity (Wildman–Crippen MR) is 74.8 cm³/mol. The lowest BCUT2D eigenvalue weighted by molar-refractivity contribution is -0.141. The number of nitrogens with zero attached hydrogens (tertiary/aromatic N) is 3. The minimum atomic E-state index is -4.46. The van der Waals surface area contributed by atoms with Gasteiger partial charge in [0, 0.05) is 19.3 Å². The molecule has 1 aromatic carbocycles. The Hall–Kier alpha value is -2.31. The summed E-state index contributed by atoms with van der Waals surface area (Å²) in [5, 5.41) is 0. The maximum absolute atomic E-state index is 12.7. The van der Waals surface area contributed by atoms with E-state index in [0.29, 0.717) is 13.1 Å². The summed E-state index contributed by atoms with van der Waals surface area (Å²) in [6.07, 6.45) is -2.58. The van der Waals surface area contributed by atoms with Crippen LogP contribution in [0.3, 0.4) is 0 Å². The van der Waals surface area contributed by atoms with Crippen LogP contribution in [0.5, 0.6) is 5.75 Å². The monoisotopic (exact) mass is 309 g/mol. The molecule has 1 aromatic heterocycles. The summed E-state index contributed by atoms with van der Waals surface area (Å²) in [5.74, 6) is 0.828. The van der Waals surface area contributed by atoms with Crippen molar-refractivity contribution in [1.82, 2.24) is 9.97 Å². The average molecular weight is 309 g/mol. The Balaban J connectivity index is 1.88. The number of hydrogen-bond donors (Lipinski definition) is 0. The average Bonchev–Trinajstić information content (AvgIpc) is 2.53. The molecule has 22 heavy (non-hydrogen) atoms. The van der Waals surface area contributed by atoms with Crippen LogP contribution in [0, 0.1) is 0 Å². The number of ether oxygens (including phenoxy) is 1. The fourth-order valence-corrected chi connectivity index (χ4v) is 2.49. The van der Waals surface area contributed by atoms with Gasteiger partial charge in [0.2, 0.25) is 5.95 Å². The van der Waals surface area contributed by atoms with Crippen LogP contribution >= 0.6 is 0 Å². The first-order valence-corrected chi connectivity index (χ1v) is 6.78. The highest BCUT2D eigenvalue weighted by Gasteiger charge is 2.33. The number of hydrogen-bond acceptors (Lipinski definition) is 4. The Morgan fingerprint density at radius 3 is 2.73 bits per heavy atom. The van der Waals surface area contributed by atoms with E-state index in [9.17, 15) is 13.2 Å². The van der Waals surface area contributed by atoms with Crippen LogP contribution in [0.15, 0.2) is 30.5 Å². The van der Waals surface area contributed by atoms with Crippen LogP contribution in [0.4, 0.5) is 19.1 Å². The summed E-state index contributed by atoms with van der Waals surface area (Å²) >= 11 is 0. The van der Waals surface area contributed by atoms with Crippen molar-refractivity contribution >= 4 is 5.95 Å². The van der Waals surface area contributed by atoms with E-state index in [1.54, 1.807) is 12.0 Å². The summed E-state index contributed by atoms with van der Waals surface area (Å²) < 4.78 is 43.4. The summed E-state index contributed by atoms with van der Waals surface area (Å²) in [5.41, 5.74) is 1.27. The third-order valence-corrected chi connectivity index (χ3v) is 3.64. The predicted octanol–water partition coefficient (Wildman–Crippen LogP) is 3.07. The molecule has 0 saturated heterocycles. The number of benzene rings is 1. The molecule has 0 unspecified atom stereocenters. The van der Waals surface area contributed by atoms with E-state index in [4.69, 9.17) is 4.74 Å². The SMILES string of the molecule is COc1ccc2c(c1)CN(c1nccc(C(F)(F)F)n1)CC2. The Bertz CT molecular complexity index is 688. The molecule has 1 aliphatic rings. The van der Waals surface area contributed by atoms with Crippen molar-refractivity contribution in [3.05, 3.63) is 47.3 Å². The van der Waals surface area contributed by atoms with Gasteiger partial charge in [-0.1, -0.05) is 6.07 Å². The molecule has 116 valence electrons. The van der Waals surface area contributed by atoms with Gasteiger partial charge in [-0.15, -0.1) is 0 Å². The molecular formula is C15H14F3N3O. The lowest BCUT2D eigenvalue weighted by Crippen LogP contribution is -2.32. The zero-order valence-corrected chi connectivity index (χ0v) is 11.9. The van der Waals surface area contributed by atoms with E-state index >= 15 is 0 Å². The minimum Gasteiger partial charge on any atom is -0.497 e. The Kier molecular flexibility index (Phi) is 3.64. The molecule has 0 saturated carbocycles. The summed E-state index contributed by atoms with van der Waals surface area (Å²) in [6.45, 7) is 1.05. The number of halogens is 3. The van der Waals surface area contributed by atoms with Crippen molar-refractivity contribution in [3.63, 3.8) is 0 Å². The zero-order chi connectivity index (χ0) is 15.7. The van der Waals surface area contributed by atoms with Crippen molar-refractivity contribution in [2.45, 2.75) is 19.1 Å². The second-order valence-corrected chi connectivity index (χ2v) is 5.05. The molecule has 3 rings (SSSR count). The van der Waals surface area contributed by atoms with Gasteiger partial charge in [-0.3, -0.25) is 0 Å². The number of aromatic nitrogens is 2. The third kappa shape index (κ3) is 2.84. The van der Waals surface area contributed by atoms with Crippen LogP contribution in [-0.2, 0) is 19.1 Å². The van der Waals surface area contributed by atoms with Gasteiger partial charge in [0.05, 0.1) is 7.11 Å². The molecule has 0 fully saturated rings. The topological polar surface area (TPSA) is 38.2 Å². The second-order valence-electron chi connectivity index (χ2n) is 5.05. The van der Waals surface area contributed by atoms with Crippen molar-refractivity contribution in [2.24, 2.45) is 0 Å². The van der Waals surface area contributed by atoms with Gasteiger partial charge in [0.1, 0.15) is 11.4 Å². The smallest absolute Gasteiger partial charge is 0.433 e. The van der Waals surface area contributed by atoms with Crippen molar-refractivity contribution in [1.29, 1.82) is 0 Å². The van der Waals surface area contributed by atoms with Crippen LogP contribution in [-0.4, -0.2) is 23.6 Å². The number of anilines is 1. The van der Waals surface area contributed by atoms with Gasteiger partial charge in [-0.05, 0) is 35.7 Å². The molecule has 0 atom stereocenters. The molecule has 0 aliphatic carbocycles. The summed E-state index contributed by atoms with van der Waals surface area (Å²) in [7, 11) is 1.58. The number of fused-ring (bicyclic) bond motifs is 1. The van der Waals surface area contributed by atoms with Crippen LogP contribution in [0.2, 0.25) is 0 Å². The van der Waals surface area contributed by atoms with Crippen molar-refractivity contribution in [2.75, 3.05) is 18.6 Å². The lowest BCUT2D eigenvalue weighted by Gasteiger charge is -2.29. The number of methoxy groups -OCH3 is 1. The number of alkyl halides is 3. The van der Waals surface area contributed by atoms with Crippen LogP contribution < -0.4 is 9.64 Å². The molecule has 7 heteroatoms. The summed E-state index contributed by atoms with van der Waals surface area (Å²) in [4.78, 5) is 9.36. The first kappa shape index (κ1) is 14.6. The van der Waals surface area contributed by atoms with E-state index in [2.05, 4.69) is 9.97 Å². The van der Waals surface area contributed by atoms with Gasteiger partial charge in [-0.25, -0.2) is 9.97 Å². The van der Waals surface area contributed by atoms with E-state index in [-0.39, 0.29) is 5.95 Å². The molecule has 0 radical (unpaired) electrons. The quantitative estimate of drug-likeness (QED) is 0.854. The second kappa shape index (κ2) is 5.47. The largest absolute Gasteiger partial charge is 0.497 e. The molecule has 0 bridgehead atoms. The molecule has 4 nitrogen and oxygen atoms in total. The Morgan fingerprint density at radius 1 is 1.18 bits per heavy atom. The van der Waals surface area contributed by atoms with E-state index in [1.807, 2.05) is 18.2 Å². The molecule has 2 heterocycles.